The Morgan fingerprint density at radius 3 is 2.58 bits per heavy atom. The lowest BCUT2D eigenvalue weighted by molar-refractivity contribution is -0.666. The molecule has 26 heavy (non-hydrogen) atoms. The standard InChI is InChI=1S/C22H18FN2O/c1-12-9-14(3)25(5)18(10-12)19-13(2)11-16(23)20-15-7-6-8-17(24-4)21(15)26-22(19)20/h6-11H,1-3,5H3/q+1. The Labute approximate surface area is 151 Å². The van der Waals surface area contributed by atoms with Crippen molar-refractivity contribution in [1.29, 1.82) is 0 Å². The Balaban J connectivity index is 2.23. The maximum Gasteiger partial charge on any atom is 0.229 e. The van der Waals surface area contributed by atoms with E-state index in [-0.39, 0.29) is 5.82 Å². The van der Waals surface area contributed by atoms with Crippen LogP contribution in [0.5, 0.6) is 0 Å². The number of pyridine rings is 1. The smallest absolute Gasteiger partial charge is 0.229 e. The number of furan rings is 1. The molecule has 2 heterocycles. The van der Waals surface area contributed by atoms with E-state index in [0.29, 0.717) is 27.6 Å². The van der Waals surface area contributed by atoms with E-state index < -0.39 is 0 Å². The summed E-state index contributed by atoms with van der Waals surface area (Å²) in [5, 5.41) is 1.07. The van der Waals surface area contributed by atoms with Gasteiger partial charge in [0.25, 0.3) is 0 Å². The molecule has 4 aromatic rings. The quantitative estimate of drug-likeness (QED) is 0.321. The van der Waals surface area contributed by atoms with Crippen LogP contribution in [0.15, 0.2) is 40.8 Å². The third kappa shape index (κ3) is 2.21. The number of aryl methyl sites for hydroxylation is 3. The van der Waals surface area contributed by atoms with Crippen molar-refractivity contribution in [2.75, 3.05) is 0 Å². The van der Waals surface area contributed by atoms with E-state index in [1.807, 2.05) is 27.8 Å². The van der Waals surface area contributed by atoms with Crippen molar-refractivity contribution in [3.8, 4) is 11.3 Å². The summed E-state index contributed by atoms with van der Waals surface area (Å²) in [4.78, 5) is 3.52. The van der Waals surface area contributed by atoms with E-state index in [9.17, 15) is 4.39 Å². The number of para-hydroxylation sites is 1. The van der Waals surface area contributed by atoms with E-state index in [1.165, 1.54) is 0 Å². The molecule has 0 N–H and O–H groups in total. The topological polar surface area (TPSA) is 21.4 Å². The molecule has 2 aromatic heterocycles. The van der Waals surface area contributed by atoms with Crippen LogP contribution in [0, 0.1) is 33.2 Å². The summed E-state index contributed by atoms with van der Waals surface area (Å²) >= 11 is 0. The minimum absolute atomic E-state index is 0.325. The monoisotopic (exact) mass is 345 g/mol. The minimum Gasteiger partial charge on any atom is -0.466 e. The zero-order chi connectivity index (χ0) is 18.6. The molecule has 3 nitrogen and oxygen atoms in total. The van der Waals surface area contributed by atoms with Crippen molar-refractivity contribution < 1.29 is 13.4 Å². The third-order valence-corrected chi connectivity index (χ3v) is 4.97. The first-order valence-electron chi connectivity index (χ1n) is 8.41. The van der Waals surface area contributed by atoms with Gasteiger partial charge in [0.1, 0.15) is 18.4 Å². The summed E-state index contributed by atoms with van der Waals surface area (Å²) in [7, 11) is 1.99. The van der Waals surface area contributed by atoms with Crippen molar-refractivity contribution in [2.45, 2.75) is 20.8 Å². The first kappa shape index (κ1) is 16.3. The van der Waals surface area contributed by atoms with Crippen LogP contribution in [0.2, 0.25) is 0 Å². The van der Waals surface area contributed by atoms with E-state index in [1.54, 1.807) is 24.3 Å². The van der Waals surface area contributed by atoms with Gasteiger partial charge >= 0.3 is 0 Å². The van der Waals surface area contributed by atoms with Gasteiger partial charge in [0.15, 0.2) is 11.3 Å². The van der Waals surface area contributed by atoms with Gasteiger partial charge in [0.05, 0.1) is 17.5 Å². The lowest BCUT2D eigenvalue weighted by Crippen LogP contribution is -2.35. The van der Waals surface area contributed by atoms with Crippen LogP contribution in [-0.4, -0.2) is 0 Å². The molecule has 0 bridgehead atoms. The zero-order valence-corrected chi connectivity index (χ0v) is 15.1. The predicted octanol–water partition coefficient (Wildman–Crippen LogP) is 5.69. The molecule has 2 aromatic carbocycles. The number of hydrogen-bond acceptors (Lipinski definition) is 1. The summed E-state index contributed by atoms with van der Waals surface area (Å²) in [6, 6.07) is 11.0. The Hall–Kier alpha value is -3.19. The Morgan fingerprint density at radius 1 is 1.08 bits per heavy atom. The average Bonchev–Trinajstić information content (AvgIpc) is 2.98. The maximum absolute atomic E-state index is 14.9. The lowest BCUT2D eigenvalue weighted by Gasteiger charge is -2.09. The van der Waals surface area contributed by atoms with Gasteiger partial charge in [0, 0.05) is 24.4 Å². The molecular formula is C22H18FN2O+. The number of aromatic nitrogens is 1. The molecular weight excluding hydrogens is 327 g/mol. The number of benzene rings is 2. The van der Waals surface area contributed by atoms with Crippen molar-refractivity contribution in [1.82, 2.24) is 0 Å². The van der Waals surface area contributed by atoms with Crippen LogP contribution in [0.1, 0.15) is 16.8 Å². The second kappa shape index (κ2) is 5.67. The van der Waals surface area contributed by atoms with Gasteiger partial charge in [-0.2, -0.15) is 4.57 Å². The molecule has 0 amide bonds. The summed E-state index contributed by atoms with van der Waals surface area (Å²) < 4.78 is 23.0. The predicted molar refractivity (Wildman–Crippen MR) is 101 cm³/mol. The second-order valence-electron chi connectivity index (χ2n) is 6.74. The van der Waals surface area contributed by atoms with Crippen molar-refractivity contribution in [3.63, 3.8) is 0 Å². The van der Waals surface area contributed by atoms with Gasteiger partial charge in [-0.3, -0.25) is 0 Å². The normalized spacial score (nSPS) is 11.2. The molecule has 0 fully saturated rings. The molecule has 4 rings (SSSR count). The van der Waals surface area contributed by atoms with Crippen molar-refractivity contribution in [2.24, 2.45) is 7.05 Å². The largest absolute Gasteiger partial charge is 0.466 e. The van der Waals surface area contributed by atoms with Crippen LogP contribution in [-0.2, 0) is 7.05 Å². The Kier molecular flexibility index (Phi) is 3.55. The summed E-state index contributed by atoms with van der Waals surface area (Å²) in [6.07, 6.45) is 0. The first-order valence-corrected chi connectivity index (χ1v) is 8.41. The fourth-order valence-corrected chi connectivity index (χ4v) is 3.65. The summed E-state index contributed by atoms with van der Waals surface area (Å²) in [5.41, 5.74) is 6.20. The second-order valence-corrected chi connectivity index (χ2v) is 6.74. The molecule has 0 radical (unpaired) electrons. The molecule has 0 aliphatic carbocycles. The van der Waals surface area contributed by atoms with Gasteiger partial charge in [0.2, 0.25) is 11.4 Å². The maximum atomic E-state index is 14.9. The van der Waals surface area contributed by atoms with Crippen LogP contribution < -0.4 is 4.57 Å². The molecule has 0 aliphatic heterocycles. The average molecular weight is 345 g/mol. The van der Waals surface area contributed by atoms with Crippen molar-refractivity contribution in [3.05, 3.63) is 70.5 Å². The molecule has 0 atom stereocenters. The number of fused-ring (bicyclic) bond motifs is 3. The van der Waals surface area contributed by atoms with E-state index in [4.69, 9.17) is 11.0 Å². The third-order valence-electron chi connectivity index (χ3n) is 4.97. The Morgan fingerprint density at radius 2 is 1.85 bits per heavy atom. The van der Waals surface area contributed by atoms with Gasteiger partial charge in [-0.1, -0.05) is 18.2 Å². The number of hydrogen-bond donors (Lipinski definition) is 0. The van der Waals surface area contributed by atoms with Crippen molar-refractivity contribution >= 4 is 27.6 Å². The van der Waals surface area contributed by atoms with E-state index >= 15 is 0 Å². The van der Waals surface area contributed by atoms with E-state index in [2.05, 4.69) is 21.5 Å². The molecule has 128 valence electrons. The van der Waals surface area contributed by atoms with Gasteiger partial charge in [-0.15, -0.1) is 0 Å². The van der Waals surface area contributed by atoms with Crippen LogP contribution in [0.3, 0.4) is 0 Å². The number of rotatable bonds is 1. The molecule has 0 saturated carbocycles. The summed E-state index contributed by atoms with van der Waals surface area (Å²) in [5.74, 6) is -0.325. The SMILES string of the molecule is [C-]#[N+]c1cccc2c1oc1c(-c3cc(C)cc(C)[n+]3C)c(C)cc(F)c12. The molecule has 0 aliphatic rings. The van der Waals surface area contributed by atoms with Gasteiger partial charge in [-0.25, -0.2) is 9.24 Å². The number of halogens is 1. The van der Waals surface area contributed by atoms with Gasteiger partial charge < -0.3 is 4.42 Å². The Bertz CT molecular complexity index is 1250. The fraction of sp³-hybridized carbons (Fsp3) is 0.182. The molecule has 0 unspecified atom stereocenters. The highest BCUT2D eigenvalue weighted by molar-refractivity contribution is 6.13. The van der Waals surface area contributed by atoms with Crippen LogP contribution >= 0.6 is 0 Å². The fourth-order valence-electron chi connectivity index (χ4n) is 3.65. The van der Waals surface area contributed by atoms with Gasteiger partial charge in [-0.05, 0) is 31.0 Å². The zero-order valence-electron chi connectivity index (χ0n) is 15.1. The van der Waals surface area contributed by atoms with Crippen LogP contribution in [0.25, 0.3) is 38.0 Å². The highest BCUT2D eigenvalue weighted by Crippen LogP contribution is 2.41. The highest BCUT2D eigenvalue weighted by atomic mass is 19.1. The highest BCUT2D eigenvalue weighted by Gasteiger charge is 2.25. The van der Waals surface area contributed by atoms with E-state index in [0.717, 1.165) is 28.1 Å². The lowest BCUT2D eigenvalue weighted by atomic mass is 9.99. The number of nitrogens with zero attached hydrogens (tertiary/aromatic N) is 2. The first-order chi connectivity index (χ1) is 12.4. The minimum atomic E-state index is -0.325. The molecule has 4 heteroatoms. The van der Waals surface area contributed by atoms with Crippen LogP contribution in [0.4, 0.5) is 10.1 Å². The molecule has 0 saturated heterocycles. The molecule has 0 spiro atoms. The summed E-state index contributed by atoms with van der Waals surface area (Å²) in [6.45, 7) is 13.3.